The zero-order valence-corrected chi connectivity index (χ0v) is 11.0. The fraction of sp³-hybridized carbons (Fsp3) is 0.909. The molecule has 0 aliphatic carbocycles. The van der Waals surface area contributed by atoms with Gasteiger partial charge in [-0.3, -0.25) is 4.99 Å². The molecule has 0 amide bonds. The number of ether oxygens (including phenoxy) is 2. The lowest BCUT2D eigenvalue weighted by atomic mass is 9.93. The van der Waals surface area contributed by atoms with E-state index in [0.717, 1.165) is 37.0 Å². The first-order valence-electron chi connectivity index (χ1n) is 6.09. The Hall–Kier alpha value is -0.400. The van der Waals surface area contributed by atoms with Crippen LogP contribution in [0.4, 0.5) is 8.78 Å². The summed E-state index contributed by atoms with van der Waals surface area (Å²) < 4.78 is 33.7. The van der Waals surface area contributed by atoms with Gasteiger partial charge in [0.1, 0.15) is 6.61 Å². The van der Waals surface area contributed by atoms with Crippen molar-refractivity contribution >= 4 is 16.9 Å². The van der Waals surface area contributed by atoms with Gasteiger partial charge in [-0.2, -0.15) is 0 Å². The molecule has 0 aromatic heterocycles. The van der Waals surface area contributed by atoms with Crippen molar-refractivity contribution in [2.75, 3.05) is 38.7 Å². The van der Waals surface area contributed by atoms with Gasteiger partial charge in [-0.05, 0) is 12.8 Å². The Kier molecular flexibility index (Phi) is 5.20. The van der Waals surface area contributed by atoms with Crippen LogP contribution in [-0.4, -0.2) is 55.9 Å². The van der Waals surface area contributed by atoms with Crippen molar-refractivity contribution in [3.63, 3.8) is 0 Å². The van der Waals surface area contributed by atoms with E-state index in [9.17, 15) is 8.78 Å². The highest BCUT2D eigenvalue weighted by molar-refractivity contribution is 8.14. The molecule has 0 unspecified atom stereocenters. The molecule has 1 spiro atoms. The van der Waals surface area contributed by atoms with E-state index in [4.69, 9.17) is 9.47 Å². The Labute approximate surface area is 110 Å². The van der Waals surface area contributed by atoms with Gasteiger partial charge >= 0.3 is 0 Å². The number of thioether (sulfide) groups is 1. The second-order valence-corrected chi connectivity index (χ2v) is 5.42. The molecule has 2 heterocycles. The van der Waals surface area contributed by atoms with Crippen molar-refractivity contribution < 1.29 is 18.3 Å². The summed E-state index contributed by atoms with van der Waals surface area (Å²) in [6, 6.07) is 0. The predicted molar refractivity (Wildman–Crippen MR) is 67.5 cm³/mol. The summed E-state index contributed by atoms with van der Waals surface area (Å²) in [7, 11) is 0. The second kappa shape index (κ2) is 6.68. The fourth-order valence-electron chi connectivity index (χ4n) is 2.01. The number of rotatable bonds is 5. The Balaban J connectivity index is 1.68. The molecule has 0 aromatic rings. The fourth-order valence-corrected chi connectivity index (χ4v) is 3.25. The molecule has 0 atom stereocenters. The second-order valence-electron chi connectivity index (χ2n) is 4.46. The summed E-state index contributed by atoms with van der Waals surface area (Å²) in [4.78, 5) is 4.33. The number of amidine groups is 1. The minimum Gasteiger partial charge on any atom is -0.381 e. The zero-order chi connectivity index (χ0) is 12.8. The summed E-state index contributed by atoms with van der Waals surface area (Å²) >= 11 is 1.69. The summed E-state index contributed by atoms with van der Waals surface area (Å²) in [5.41, 5.74) is 0.131. The first kappa shape index (κ1) is 14.0. The van der Waals surface area contributed by atoms with Crippen LogP contribution in [0.2, 0.25) is 0 Å². The van der Waals surface area contributed by atoms with E-state index in [-0.39, 0.29) is 12.1 Å². The molecule has 2 aliphatic heterocycles. The SMILES string of the molecule is FC(F)COCCN=C1NC2(CCOCC2)CS1. The van der Waals surface area contributed by atoms with Gasteiger partial charge < -0.3 is 14.8 Å². The van der Waals surface area contributed by atoms with Crippen LogP contribution < -0.4 is 5.32 Å². The molecule has 2 rings (SSSR count). The van der Waals surface area contributed by atoms with Crippen LogP contribution in [0.5, 0.6) is 0 Å². The van der Waals surface area contributed by atoms with E-state index in [2.05, 4.69) is 10.3 Å². The highest BCUT2D eigenvalue weighted by Crippen LogP contribution is 2.31. The lowest BCUT2D eigenvalue weighted by Gasteiger charge is -2.32. The monoisotopic (exact) mass is 280 g/mol. The molecular formula is C11H18F2N2O2S. The van der Waals surface area contributed by atoms with Crippen LogP contribution >= 0.6 is 11.8 Å². The molecule has 7 heteroatoms. The van der Waals surface area contributed by atoms with Gasteiger partial charge in [0.2, 0.25) is 0 Å². The number of nitrogens with one attached hydrogen (secondary N) is 1. The van der Waals surface area contributed by atoms with E-state index in [0.29, 0.717) is 6.54 Å². The number of hydrogen-bond donors (Lipinski definition) is 1. The standard InChI is InChI=1S/C11H18F2N2O2S/c12-9(13)7-17-6-3-14-10-15-11(8-18-10)1-4-16-5-2-11/h9H,1-8H2,(H,14,15). The lowest BCUT2D eigenvalue weighted by Crippen LogP contribution is -2.48. The minimum atomic E-state index is -2.40. The maximum absolute atomic E-state index is 11.8. The molecular weight excluding hydrogens is 262 g/mol. The molecule has 0 radical (unpaired) electrons. The largest absolute Gasteiger partial charge is 0.381 e. The average molecular weight is 280 g/mol. The normalized spacial score (nSPS) is 24.9. The Morgan fingerprint density at radius 3 is 2.94 bits per heavy atom. The van der Waals surface area contributed by atoms with Crippen LogP contribution in [0, 0.1) is 0 Å². The third-order valence-electron chi connectivity index (χ3n) is 3.04. The van der Waals surface area contributed by atoms with Crippen LogP contribution in [0.3, 0.4) is 0 Å². The smallest absolute Gasteiger partial charge is 0.261 e. The molecule has 18 heavy (non-hydrogen) atoms. The molecule has 1 N–H and O–H groups in total. The number of halogens is 2. The first-order chi connectivity index (χ1) is 8.70. The molecule has 2 fully saturated rings. The maximum atomic E-state index is 11.8. The summed E-state index contributed by atoms with van der Waals surface area (Å²) in [5.74, 6) is 1.01. The summed E-state index contributed by atoms with van der Waals surface area (Å²) in [5, 5.41) is 4.34. The molecule has 2 saturated heterocycles. The van der Waals surface area contributed by atoms with Crippen molar-refractivity contribution in [1.82, 2.24) is 5.32 Å². The van der Waals surface area contributed by atoms with Crippen molar-refractivity contribution in [1.29, 1.82) is 0 Å². The Morgan fingerprint density at radius 2 is 2.22 bits per heavy atom. The lowest BCUT2D eigenvalue weighted by molar-refractivity contribution is 0.0207. The summed E-state index contributed by atoms with van der Waals surface area (Å²) in [6.07, 6.45) is -0.399. The van der Waals surface area contributed by atoms with Gasteiger partial charge in [0.15, 0.2) is 5.17 Å². The molecule has 0 bridgehead atoms. The Bertz CT molecular complexity index is 297. The van der Waals surface area contributed by atoms with Gasteiger partial charge in [0.05, 0.1) is 18.7 Å². The zero-order valence-electron chi connectivity index (χ0n) is 10.2. The van der Waals surface area contributed by atoms with E-state index >= 15 is 0 Å². The van der Waals surface area contributed by atoms with Crippen molar-refractivity contribution in [2.45, 2.75) is 24.8 Å². The van der Waals surface area contributed by atoms with Gasteiger partial charge in [0, 0.05) is 19.0 Å². The molecule has 4 nitrogen and oxygen atoms in total. The van der Waals surface area contributed by atoms with Crippen LogP contribution in [0.25, 0.3) is 0 Å². The molecule has 2 aliphatic rings. The van der Waals surface area contributed by atoms with Crippen LogP contribution in [-0.2, 0) is 9.47 Å². The highest BCUT2D eigenvalue weighted by Gasteiger charge is 2.38. The van der Waals surface area contributed by atoms with Gasteiger partial charge in [-0.15, -0.1) is 0 Å². The van der Waals surface area contributed by atoms with E-state index in [1.165, 1.54) is 0 Å². The maximum Gasteiger partial charge on any atom is 0.261 e. The first-order valence-corrected chi connectivity index (χ1v) is 7.08. The quantitative estimate of drug-likeness (QED) is 0.775. The van der Waals surface area contributed by atoms with E-state index in [1.807, 2.05) is 0 Å². The molecule has 0 aromatic carbocycles. The molecule has 104 valence electrons. The highest BCUT2D eigenvalue weighted by atomic mass is 32.2. The Morgan fingerprint density at radius 1 is 1.44 bits per heavy atom. The van der Waals surface area contributed by atoms with Crippen molar-refractivity contribution in [2.24, 2.45) is 4.99 Å². The van der Waals surface area contributed by atoms with Gasteiger partial charge in [-0.1, -0.05) is 11.8 Å². The number of nitrogens with zero attached hydrogens (tertiary/aromatic N) is 1. The number of alkyl halides is 2. The predicted octanol–water partition coefficient (Wildman–Crippen LogP) is 1.51. The molecule has 0 saturated carbocycles. The third-order valence-corrected chi connectivity index (χ3v) is 4.24. The average Bonchev–Trinajstić information content (AvgIpc) is 2.72. The van der Waals surface area contributed by atoms with Gasteiger partial charge in [0.25, 0.3) is 6.43 Å². The van der Waals surface area contributed by atoms with E-state index in [1.54, 1.807) is 11.8 Å². The topological polar surface area (TPSA) is 42.8 Å². The van der Waals surface area contributed by atoms with Crippen LogP contribution in [0.15, 0.2) is 4.99 Å². The van der Waals surface area contributed by atoms with Crippen LogP contribution in [0.1, 0.15) is 12.8 Å². The van der Waals surface area contributed by atoms with Crippen molar-refractivity contribution in [3.05, 3.63) is 0 Å². The minimum absolute atomic E-state index is 0.131. The number of hydrogen-bond acceptors (Lipinski definition) is 4. The van der Waals surface area contributed by atoms with Crippen molar-refractivity contribution in [3.8, 4) is 0 Å². The van der Waals surface area contributed by atoms with E-state index < -0.39 is 13.0 Å². The third kappa shape index (κ3) is 4.07. The number of aliphatic imine (C=N–C) groups is 1. The van der Waals surface area contributed by atoms with Gasteiger partial charge in [-0.25, -0.2) is 8.78 Å². The summed E-state index contributed by atoms with van der Waals surface area (Å²) in [6.45, 7) is 1.74.